The number of ether oxygens (including phenoxy) is 2. The van der Waals surface area contributed by atoms with E-state index in [1.165, 1.54) is 0 Å². The molecule has 0 spiro atoms. The fraction of sp³-hybridized carbons (Fsp3) is 0.462. The number of amides is 1. The Morgan fingerprint density at radius 3 is 2.83 bits per heavy atom. The van der Waals surface area contributed by atoms with Crippen LogP contribution in [0.3, 0.4) is 0 Å². The van der Waals surface area contributed by atoms with Crippen molar-refractivity contribution in [2.24, 2.45) is 0 Å². The van der Waals surface area contributed by atoms with Crippen LogP contribution in [-0.4, -0.2) is 38.2 Å². The standard InChI is InChI=1S/C13H18ClNO3/c1-2-18-12-6-4-3-5-11(12)13(16)15-8-10-17-9-7-14/h3-6H,2,7-10H2,1H3,(H,15,16). The lowest BCUT2D eigenvalue weighted by Gasteiger charge is -2.10. The Labute approximate surface area is 112 Å². The summed E-state index contributed by atoms with van der Waals surface area (Å²) in [6, 6.07) is 7.16. The van der Waals surface area contributed by atoms with Crippen LogP contribution in [0.15, 0.2) is 24.3 Å². The first-order valence-corrected chi connectivity index (χ1v) is 6.46. The van der Waals surface area contributed by atoms with Crippen LogP contribution in [0.1, 0.15) is 17.3 Å². The molecule has 0 fully saturated rings. The minimum Gasteiger partial charge on any atom is -0.493 e. The predicted molar refractivity (Wildman–Crippen MR) is 71.5 cm³/mol. The summed E-state index contributed by atoms with van der Waals surface area (Å²) in [4.78, 5) is 11.9. The molecule has 0 bridgehead atoms. The maximum atomic E-state index is 11.9. The number of para-hydroxylation sites is 1. The minimum atomic E-state index is -0.159. The van der Waals surface area contributed by atoms with Crippen LogP contribution in [0.25, 0.3) is 0 Å². The summed E-state index contributed by atoms with van der Waals surface area (Å²) in [6.07, 6.45) is 0. The van der Waals surface area contributed by atoms with E-state index in [2.05, 4.69) is 5.32 Å². The van der Waals surface area contributed by atoms with Crippen molar-refractivity contribution in [1.82, 2.24) is 5.32 Å². The van der Waals surface area contributed by atoms with E-state index in [0.717, 1.165) is 0 Å². The largest absolute Gasteiger partial charge is 0.493 e. The van der Waals surface area contributed by atoms with Gasteiger partial charge in [0.25, 0.3) is 5.91 Å². The van der Waals surface area contributed by atoms with Crippen molar-refractivity contribution in [2.45, 2.75) is 6.92 Å². The Bertz CT molecular complexity index is 371. The molecule has 0 unspecified atom stereocenters. The maximum absolute atomic E-state index is 11.9. The van der Waals surface area contributed by atoms with Gasteiger partial charge in [-0.3, -0.25) is 4.79 Å². The molecule has 5 heteroatoms. The number of hydrogen-bond acceptors (Lipinski definition) is 3. The van der Waals surface area contributed by atoms with Gasteiger partial charge in [0.05, 0.1) is 25.4 Å². The first kappa shape index (κ1) is 14.8. The van der Waals surface area contributed by atoms with E-state index in [4.69, 9.17) is 21.1 Å². The topological polar surface area (TPSA) is 47.6 Å². The third-order valence-corrected chi connectivity index (χ3v) is 2.34. The molecule has 100 valence electrons. The van der Waals surface area contributed by atoms with Gasteiger partial charge < -0.3 is 14.8 Å². The lowest BCUT2D eigenvalue weighted by molar-refractivity contribution is 0.0920. The van der Waals surface area contributed by atoms with E-state index in [9.17, 15) is 4.79 Å². The van der Waals surface area contributed by atoms with E-state index in [-0.39, 0.29) is 5.91 Å². The van der Waals surface area contributed by atoms with Gasteiger partial charge in [0.2, 0.25) is 0 Å². The Morgan fingerprint density at radius 2 is 2.11 bits per heavy atom. The third kappa shape index (κ3) is 4.94. The highest BCUT2D eigenvalue weighted by atomic mass is 35.5. The maximum Gasteiger partial charge on any atom is 0.255 e. The monoisotopic (exact) mass is 271 g/mol. The minimum absolute atomic E-state index is 0.159. The van der Waals surface area contributed by atoms with Crippen LogP contribution < -0.4 is 10.1 Å². The van der Waals surface area contributed by atoms with E-state index in [1.807, 2.05) is 13.0 Å². The van der Waals surface area contributed by atoms with Crippen LogP contribution >= 0.6 is 11.6 Å². The van der Waals surface area contributed by atoms with Crippen LogP contribution in [0, 0.1) is 0 Å². The second-order valence-electron chi connectivity index (χ2n) is 3.49. The van der Waals surface area contributed by atoms with Gasteiger partial charge in [-0.1, -0.05) is 12.1 Å². The van der Waals surface area contributed by atoms with E-state index in [1.54, 1.807) is 18.2 Å². The van der Waals surface area contributed by atoms with Crippen LogP contribution in [0.4, 0.5) is 0 Å². The molecule has 1 N–H and O–H groups in total. The van der Waals surface area contributed by atoms with Crippen LogP contribution in [0.2, 0.25) is 0 Å². The number of halogens is 1. The van der Waals surface area contributed by atoms with Gasteiger partial charge >= 0.3 is 0 Å². The van der Waals surface area contributed by atoms with Gasteiger partial charge in [0.1, 0.15) is 5.75 Å². The molecule has 1 amide bonds. The summed E-state index contributed by atoms with van der Waals surface area (Å²) in [5, 5.41) is 2.77. The smallest absolute Gasteiger partial charge is 0.255 e. The molecule has 1 aromatic carbocycles. The molecule has 0 heterocycles. The molecule has 1 rings (SSSR count). The zero-order chi connectivity index (χ0) is 13.2. The third-order valence-electron chi connectivity index (χ3n) is 2.18. The molecule has 0 saturated carbocycles. The lowest BCUT2D eigenvalue weighted by atomic mass is 10.2. The molecule has 0 radical (unpaired) electrons. The first-order chi connectivity index (χ1) is 8.79. The normalized spacial score (nSPS) is 10.1. The van der Waals surface area contributed by atoms with Gasteiger partial charge in [0, 0.05) is 12.4 Å². The van der Waals surface area contributed by atoms with Gasteiger partial charge in [-0.15, -0.1) is 11.6 Å². The Hall–Kier alpha value is -1.26. The van der Waals surface area contributed by atoms with Crippen molar-refractivity contribution in [3.05, 3.63) is 29.8 Å². The van der Waals surface area contributed by atoms with Crippen LogP contribution in [-0.2, 0) is 4.74 Å². The average Bonchev–Trinajstić information content (AvgIpc) is 2.39. The summed E-state index contributed by atoms with van der Waals surface area (Å²) >= 11 is 5.47. The lowest BCUT2D eigenvalue weighted by Crippen LogP contribution is -2.27. The zero-order valence-electron chi connectivity index (χ0n) is 10.4. The highest BCUT2D eigenvalue weighted by Gasteiger charge is 2.10. The Balaban J connectivity index is 2.45. The van der Waals surface area contributed by atoms with E-state index >= 15 is 0 Å². The van der Waals surface area contributed by atoms with Gasteiger partial charge in [-0.05, 0) is 19.1 Å². The highest BCUT2D eigenvalue weighted by molar-refractivity contribution is 6.17. The van der Waals surface area contributed by atoms with Crippen molar-refractivity contribution in [3.8, 4) is 5.75 Å². The second kappa shape index (κ2) is 8.78. The van der Waals surface area contributed by atoms with E-state index in [0.29, 0.717) is 43.6 Å². The van der Waals surface area contributed by atoms with Gasteiger partial charge in [-0.25, -0.2) is 0 Å². The number of hydrogen-bond donors (Lipinski definition) is 1. The molecular weight excluding hydrogens is 254 g/mol. The molecule has 0 aliphatic carbocycles. The van der Waals surface area contributed by atoms with Crippen molar-refractivity contribution in [2.75, 3.05) is 32.2 Å². The summed E-state index contributed by atoms with van der Waals surface area (Å²) < 4.78 is 10.6. The van der Waals surface area contributed by atoms with Crippen molar-refractivity contribution >= 4 is 17.5 Å². The van der Waals surface area contributed by atoms with Crippen molar-refractivity contribution in [1.29, 1.82) is 0 Å². The summed E-state index contributed by atoms with van der Waals surface area (Å²) in [6.45, 7) is 3.82. The predicted octanol–water partition coefficient (Wildman–Crippen LogP) is 2.07. The number of carbonyl (C=O) groups excluding carboxylic acids is 1. The molecule has 0 saturated heterocycles. The molecule has 1 aromatic rings. The van der Waals surface area contributed by atoms with Gasteiger partial charge in [-0.2, -0.15) is 0 Å². The SMILES string of the molecule is CCOc1ccccc1C(=O)NCCOCCCl. The molecule has 0 atom stereocenters. The molecule has 0 aliphatic heterocycles. The zero-order valence-corrected chi connectivity index (χ0v) is 11.2. The fourth-order valence-corrected chi connectivity index (χ4v) is 1.53. The molecular formula is C13H18ClNO3. The summed E-state index contributed by atoms with van der Waals surface area (Å²) in [5.41, 5.74) is 0.539. The quantitative estimate of drug-likeness (QED) is 0.582. The second-order valence-corrected chi connectivity index (χ2v) is 3.86. The molecule has 0 aliphatic rings. The first-order valence-electron chi connectivity index (χ1n) is 5.93. The Morgan fingerprint density at radius 1 is 1.33 bits per heavy atom. The van der Waals surface area contributed by atoms with Gasteiger partial charge in [0.15, 0.2) is 0 Å². The molecule has 4 nitrogen and oxygen atoms in total. The summed E-state index contributed by atoms with van der Waals surface area (Å²) in [5.74, 6) is 0.897. The number of alkyl halides is 1. The summed E-state index contributed by atoms with van der Waals surface area (Å²) in [7, 11) is 0. The number of nitrogens with one attached hydrogen (secondary N) is 1. The fourth-order valence-electron chi connectivity index (χ4n) is 1.42. The van der Waals surface area contributed by atoms with Crippen molar-refractivity contribution < 1.29 is 14.3 Å². The van der Waals surface area contributed by atoms with Crippen molar-refractivity contribution in [3.63, 3.8) is 0 Å². The highest BCUT2D eigenvalue weighted by Crippen LogP contribution is 2.17. The number of benzene rings is 1. The number of carbonyl (C=O) groups is 1. The average molecular weight is 272 g/mol. The molecule has 0 aromatic heterocycles. The molecule has 18 heavy (non-hydrogen) atoms. The Kier molecular flexibility index (Phi) is 7.22. The van der Waals surface area contributed by atoms with Crippen LogP contribution in [0.5, 0.6) is 5.75 Å². The number of rotatable bonds is 8. The van der Waals surface area contributed by atoms with E-state index < -0.39 is 0 Å².